The summed E-state index contributed by atoms with van der Waals surface area (Å²) < 4.78 is 5.19. The van der Waals surface area contributed by atoms with Crippen LogP contribution in [0.5, 0.6) is 5.75 Å². The summed E-state index contributed by atoms with van der Waals surface area (Å²) >= 11 is 0. The Hall–Kier alpha value is -1.84. The minimum atomic E-state index is -0.0239. The van der Waals surface area contributed by atoms with Crippen LogP contribution in [-0.2, 0) is 4.79 Å². The zero-order valence-electron chi connectivity index (χ0n) is 10.7. The van der Waals surface area contributed by atoms with E-state index in [2.05, 4.69) is 5.32 Å². The largest absolute Gasteiger partial charge is 0.495 e. The normalized spacial score (nSPS) is 14.1. The number of nitrogens with one attached hydrogen (secondary N) is 1. The molecule has 0 aliphatic heterocycles. The quantitative estimate of drug-likeness (QED) is 0.814. The van der Waals surface area contributed by atoms with E-state index in [1.807, 2.05) is 0 Å². The SMILES string of the molecule is COc1cc(C(C)=O)ccc1NC(=O)CC1CC1. The molecular formula is C14H17NO3. The molecule has 96 valence electrons. The maximum atomic E-state index is 11.7. The molecule has 18 heavy (non-hydrogen) atoms. The second-order valence-electron chi connectivity index (χ2n) is 4.67. The summed E-state index contributed by atoms with van der Waals surface area (Å²) in [5.74, 6) is 1.05. The van der Waals surface area contributed by atoms with Crippen molar-refractivity contribution in [1.29, 1.82) is 0 Å². The molecule has 0 atom stereocenters. The number of anilines is 1. The molecular weight excluding hydrogens is 230 g/mol. The molecule has 2 rings (SSSR count). The minimum Gasteiger partial charge on any atom is -0.495 e. The van der Waals surface area contributed by atoms with Crippen LogP contribution in [0.2, 0.25) is 0 Å². The van der Waals surface area contributed by atoms with Gasteiger partial charge in [0.05, 0.1) is 12.8 Å². The van der Waals surface area contributed by atoms with Crippen molar-refractivity contribution < 1.29 is 14.3 Å². The number of Topliss-reactive ketones (excluding diaryl/α,β-unsaturated/α-hetero) is 1. The van der Waals surface area contributed by atoms with Gasteiger partial charge in [-0.3, -0.25) is 9.59 Å². The molecule has 0 radical (unpaired) electrons. The molecule has 0 spiro atoms. The van der Waals surface area contributed by atoms with Gasteiger partial charge in [0.1, 0.15) is 5.75 Å². The molecule has 4 heteroatoms. The number of carbonyl (C=O) groups excluding carboxylic acids is 2. The van der Waals surface area contributed by atoms with E-state index < -0.39 is 0 Å². The Bertz CT molecular complexity index is 478. The van der Waals surface area contributed by atoms with Crippen LogP contribution in [0.4, 0.5) is 5.69 Å². The van der Waals surface area contributed by atoms with Crippen LogP contribution in [0.25, 0.3) is 0 Å². The van der Waals surface area contributed by atoms with Crippen molar-refractivity contribution in [2.45, 2.75) is 26.2 Å². The molecule has 1 fully saturated rings. The lowest BCUT2D eigenvalue weighted by Gasteiger charge is -2.11. The second kappa shape index (κ2) is 5.21. The first-order valence-corrected chi connectivity index (χ1v) is 6.09. The number of amides is 1. The fourth-order valence-electron chi connectivity index (χ4n) is 1.80. The Balaban J connectivity index is 2.10. The third kappa shape index (κ3) is 3.09. The predicted molar refractivity (Wildman–Crippen MR) is 69.0 cm³/mol. The summed E-state index contributed by atoms with van der Waals surface area (Å²) in [6.07, 6.45) is 2.86. The number of ketones is 1. The zero-order valence-corrected chi connectivity index (χ0v) is 10.7. The molecule has 0 unspecified atom stereocenters. The van der Waals surface area contributed by atoms with E-state index in [0.29, 0.717) is 29.3 Å². The van der Waals surface area contributed by atoms with Crippen LogP contribution in [0.1, 0.15) is 36.5 Å². The molecule has 1 N–H and O–H groups in total. The standard InChI is InChI=1S/C14H17NO3/c1-9(16)11-5-6-12(13(8-11)18-2)15-14(17)7-10-3-4-10/h5-6,8,10H,3-4,7H2,1-2H3,(H,15,17). The van der Waals surface area contributed by atoms with Gasteiger partial charge in [0.2, 0.25) is 5.91 Å². The van der Waals surface area contributed by atoms with Crippen molar-refractivity contribution in [2.24, 2.45) is 5.92 Å². The number of hydrogen-bond donors (Lipinski definition) is 1. The van der Waals surface area contributed by atoms with E-state index in [9.17, 15) is 9.59 Å². The van der Waals surface area contributed by atoms with E-state index in [-0.39, 0.29) is 11.7 Å². The van der Waals surface area contributed by atoms with Gasteiger partial charge in [-0.15, -0.1) is 0 Å². The molecule has 0 heterocycles. The average molecular weight is 247 g/mol. The van der Waals surface area contributed by atoms with Crippen LogP contribution >= 0.6 is 0 Å². The summed E-state index contributed by atoms with van der Waals surface area (Å²) in [4.78, 5) is 23.0. The Morgan fingerprint density at radius 1 is 1.39 bits per heavy atom. The van der Waals surface area contributed by atoms with Gasteiger partial charge in [0, 0.05) is 12.0 Å². The Morgan fingerprint density at radius 3 is 2.67 bits per heavy atom. The third-order valence-electron chi connectivity index (χ3n) is 3.05. The highest BCUT2D eigenvalue weighted by Gasteiger charge is 2.24. The van der Waals surface area contributed by atoms with E-state index in [4.69, 9.17) is 4.74 Å². The van der Waals surface area contributed by atoms with Crippen molar-refractivity contribution in [3.05, 3.63) is 23.8 Å². The number of methoxy groups -OCH3 is 1. The van der Waals surface area contributed by atoms with Gasteiger partial charge in [-0.2, -0.15) is 0 Å². The van der Waals surface area contributed by atoms with Crippen LogP contribution in [0.15, 0.2) is 18.2 Å². The average Bonchev–Trinajstić information content (AvgIpc) is 3.13. The summed E-state index contributed by atoms with van der Waals surface area (Å²) in [5.41, 5.74) is 1.19. The summed E-state index contributed by atoms with van der Waals surface area (Å²) in [6.45, 7) is 1.50. The molecule has 1 aromatic carbocycles. The molecule has 1 aromatic rings. The fourth-order valence-corrected chi connectivity index (χ4v) is 1.80. The lowest BCUT2D eigenvalue weighted by Crippen LogP contribution is -2.13. The van der Waals surface area contributed by atoms with Gasteiger partial charge < -0.3 is 10.1 Å². The molecule has 1 aliphatic rings. The molecule has 0 saturated heterocycles. The number of carbonyl (C=O) groups is 2. The summed E-state index contributed by atoms with van der Waals surface area (Å²) in [6, 6.07) is 5.05. The molecule has 1 aliphatic carbocycles. The van der Waals surface area contributed by atoms with Crippen LogP contribution < -0.4 is 10.1 Å². The minimum absolute atomic E-state index is 0.00590. The van der Waals surface area contributed by atoms with Crippen molar-refractivity contribution in [2.75, 3.05) is 12.4 Å². The van der Waals surface area contributed by atoms with Gasteiger partial charge in [-0.25, -0.2) is 0 Å². The molecule has 0 aromatic heterocycles. The molecule has 4 nitrogen and oxygen atoms in total. The van der Waals surface area contributed by atoms with Crippen LogP contribution in [0.3, 0.4) is 0 Å². The molecule has 0 bridgehead atoms. The van der Waals surface area contributed by atoms with E-state index in [1.54, 1.807) is 18.2 Å². The summed E-state index contributed by atoms with van der Waals surface area (Å²) in [7, 11) is 1.52. The predicted octanol–water partition coefficient (Wildman–Crippen LogP) is 2.64. The Kier molecular flexibility index (Phi) is 3.65. The Morgan fingerprint density at radius 2 is 2.11 bits per heavy atom. The summed E-state index contributed by atoms with van der Waals surface area (Å²) in [5, 5.41) is 2.82. The Labute approximate surface area is 106 Å². The maximum absolute atomic E-state index is 11.7. The van der Waals surface area contributed by atoms with Crippen molar-refractivity contribution >= 4 is 17.4 Å². The van der Waals surface area contributed by atoms with Gasteiger partial charge in [0.25, 0.3) is 0 Å². The first-order chi connectivity index (χ1) is 8.60. The van der Waals surface area contributed by atoms with Crippen molar-refractivity contribution in [1.82, 2.24) is 0 Å². The lowest BCUT2D eigenvalue weighted by molar-refractivity contribution is -0.116. The van der Waals surface area contributed by atoms with E-state index in [0.717, 1.165) is 12.8 Å². The van der Waals surface area contributed by atoms with Gasteiger partial charge in [-0.1, -0.05) is 0 Å². The maximum Gasteiger partial charge on any atom is 0.224 e. The van der Waals surface area contributed by atoms with Gasteiger partial charge >= 0.3 is 0 Å². The van der Waals surface area contributed by atoms with Gasteiger partial charge in [0.15, 0.2) is 5.78 Å². The highest BCUT2D eigenvalue weighted by atomic mass is 16.5. The monoisotopic (exact) mass is 247 g/mol. The van der Waals surface area contributed by atoms with Crippen molar-refractivity contribution in [3.63, 3.8) is 0 Å². The number of hydrogen-bond acceptors (Lipinski definition) is 3. The third-order valence-corrected chi connectivity index (χ3v) is 3.05. The lowest BCUT2D eigenvalue weighted by atomic mass is 10.1. The number of benzene rings is 1. The molecule has 1 amide bonds. The smallest absolute Gasteiger partial charge is 0.224 e. The van der Waals surface area contributed by atoms with Crippen LogP contribution in [-0.4, -0.2) is 18.8 Å². The van der Waals surface area contributed by atoms with E-state index >= 15 is 0 Å². The van der Waals surface area contributed by atoms with Crippen LogP contribution in [0, 0.1) is 5.92 Å². The fraction of sp³-hybridized carbons (Fsp3) is 0.429. The number of rotatable bonds is 5. The zero-order chi connectivity index (χ0) is 13.1. The second-order valence-corrected chi connectivity index (χ2v) is 4.67. The highest BCUT2D eigenvalue weighted by molar-refractivity contribution is 5.97. The van der Waals surface area contributed by atoms with E-state index in [1.165, 1.54) is 14.0 Å². The topological polar surface area (TPSA) is 55.4 Å². The number of ether oxygens (including phenoxy) is 1. The van der Waals surface area contributed by atoms with Gasteiger partial charge in [-0.05, 0) is 43.9 Å². The highest BCUT2D eigenvalue weighted by Crippen LogP contribution is 2.33. The van der Waals surface area contributed by atoms with Crippen molar-refractivity contribution in [3.8, 4) is 5.75 Å². The molecule has 1 saturated carbocycles. The first-order valence-electron chi connectivity index (χ1n) is 6.09. The first kappa shape index (κ1) is 12.6.